The number of carbonyl (C=O) groups excluding carboxylic acids is 1. The normalized spacial score (nSPS) is 7.36. The van der Waals surface area contributed by atoms with Gasteiger partial charge in [0.1, 0.15) is 6.61 Å². The number of alkyl halides is 1. The Kier molecular flexibility index (Phi) is 15.3. The Morgan fingerprint density at radius 3 is 2.64 bits per heavy atom. The number of carboxylic acid groups (broad SMARTS) is 1. The van der Waals surface area contributed by atoms with Crippen LogP contribution in [-0.4, -0.2) is 23.6 Å². The summed E-state index contributed by atoms with van der Waals surface area (Å²) in [5.41, 5.74) is 0. The summed E-state index contributed by atoms with van der Waals surface area (Å²) in [6, 6.07) is 0. The zero-order valence-electron chi connectivity index (χ0n) is 6.22. The van der Waals surface area contributed by atoms with Crippen molar-refractivity contribution in [3.8, 4) is 11.8 Å². The summed E-state index contributed by atoms with van der Waals surface area (Å²) in [5, 5.41) is 9.75. The van der Waals surface area contributed by atoms with E-state index in [1.807, 2.05) is 0 Å². The fourth-order valence-corrected chi connectivity index (χ4v) is 0.553. The molecular weight excluding hydrogens is 286 g/mol. The number of hydrogen-bond donors (Lipinski definition) is 0. The molecule has 5 heteroatoms. The van der Waals surface area contributed by atoms with Gasteiger partial charge in [0.05, 0.1) is 17.0 Å². The van der Waals surface area contributed by atoms with Crippen LogP contribution >= 0.6 is 22.6 Å². The van der Waals surface area contributed by atoms with Crippen molar-refractivity contribution in [1.82, 2.24) is 0 Å². The van der Waals surface area contributed by atoms with Crippen LogP contribution < -0.4 is 56.5 Å². The van der Waals surface area contributed by atoms with Gasteiger partial charge in [0, 0.05) is 0 Å². The van der Waals surface area contributed by atoms with Gasteiger partial charge in [-0.2, -0.15) is 0 Å². The molecule has 0 heterocycles. The van der Waals surface area contributed by atoms with E-state index in [0.29, 0.717) is 0 Å². The largest absolute Gasteiger partial charge is 1.00 e. The standard InChI is InChI=1S/C6H7IO3.K/c7-3-1-2-4-10-5-6(8)9;/h3-5H2,(H,8,9);/q;+1/p-1. The van der Waals surface area contributed by atoms with E-state index in [0.717, 1.165) is 4.43 Å². The first-order valence-corrected chi connectivity index (χ1v) is 4.09. The van der Waals surface area contributed by atoms with E-state index < -0.39 is 5.97 Å². The van der Waals surface area contributed by atoms with Gasteiger partial charge in [-0.05, 0) is 0 Å². The molecule has 0 unspecified atom stereocenters. The summed E-state index contributed by atoms with van der Waals surface area (Å²) in [4.78, 5) is 9.75. The molecule has 0 aromatic heterocycles. The van der Waals surface area contributed by atoms with E-state index in [1.165, 1.54) is 0 Å². The van der Waals surface area contributed by atoms with Crippen LogP contribution in [0.3, 0.4) is 0 Å². The molecule has 3 nitrogen and oxygen atoms in total. The molecule has 0 aliphatic rings. The molecule has 0 rings (SSSR count). The van der Waals surface area contributed by atoms with E-state index >= 15 is 0 Å². The topological polar surface area (TPSA) is 49.4 Å². The average Bonchev–Trinajstić information content (AvgIpc) is 1.87. The number of halogens is 1. The van der Waals surface area contributed by atoms with Crippen LogP contribution in [0.5, 0.6) is 0 Å². The first-order chi connectivity index (χ1) is 4.77. The Bertz CT molecular complexity index is 161. The molecule has 0 bridgehead atoms. The van der Waals surface area contributed by atoms with Gasteiger partial charge in [-0.1, -0.05) is 34.4 Å². The molecular formula is C6H6IKO3. The zero-order chi connectivity index (χ0) is 7.82. The third-order valence-corrected chi connectivity index (χ3v) is 0.967. The van der Waals surface area contributed by atoms with E-state index in [1.54, 1.807) is 0 Å². The van der Waals surface area contributed by atoms with Gasteiger partial charge < -0.3 is 14.6 Å². The molecule has 0 aromatic rings. The Labute approximate surface area is 122 Å². The fraction of sp³-hybridized carbons (Fsp3) is 0.500. The number of ether oxygens (including phenoxy) is 1. The van der Waals surface area contributed by atoms with Crippen molar-refractivity contribution in [1.29, 1.82) is 0 Å². The van der Waals surface area contributed by atoms with E-state index in [2.05, 4.69) is 39.2 Å². The Morgan fingerprint density at radius 2 is 2.18 bits per heavy atom. The zero-order valence-corrected chi connectivity index (χ0v) is 11.5. The molecule has 0 radical (unpaired) electrons. The third-order valence-electron chi connectivity index (χ3n) is 0.586. The minimum absolute atomic E-state index is 0. The molecule has 0 saturated carbocycles. The van der Waals surface area contributed by atoms with Gasteiger partial charge in [-0.3, -0.25) is 0 Å². The molecule has 0 atom stereocenters. The molecule has 0 amide bonds. The number of carbonyl (C=O) groups is 1. The van der Waals surface area contributed by atoms with Crippen molar-refractivity contribution in [2.24, 2.45) is 0 Å². The predicted octanol–water partition coefficient (Wildman–Crippen LogP) is -3.80. The van der Waals surface area contributed by atoms with Crippen LogP contribution in [0.1, 0.15) is 0 Å². The quantitative estimate of drug-likeness (QED) is 0.176. The van der Waals surface area contributed by atoms with Gasteiger partial charge in [0.25, 0.3) is 0 Å². The summed E-state index contributed by atoms with van der Waals surface area (Å²) < 4.78 is 5.29. The Balaban J connectivity index is 0. The maximum Gasteiger partial charge on any atom is 1.00 e. The van der Waals surface area contributed by atoms with Crippen LogP contribution in [0.15, 0.2) is 0 Å². The molecule has 0 aromatic carbocycles. The van der Waals surface area contributed by atoms with Crippen LogP contribution in [0.2, 0.25) is 0 Å². The summed E-state index contributed by atoms with van der Waals surface area (Å²) in [6.45, 7) is -0.215. The van der Waals surface area contributed by atoms with Crippen molar-refractivity contribution in [3.63, 3.8) is 0 Å². The summed E-state index contributed by atoms with van der Waals surface area (Å²) in [6.07, 6.45) is 0. The SMILES string of the molecule is O=C([O-])COCC#CCI.[K+]. The number of hydrogen-bond acceptors (Lipinski definition) is 3. The molecule has 0 N–H and O–H groups in total. The minimum atomic E-state index is -1.21. The molecule has 0 spiro atoms. The summed E-state index contributed by atoms with van der Waals surface area (Å²) in [7, 11) is 0. The maximum atomic E-state index is 9.75. The molecule has 0 aliphatic carbocycles. The van der Waals surface area contributed by atoms with Gasteiger partial charge >= 0.3 is 51.4 Å². The Hall–Kier alpha value is 1.36. The predicted molar refractivity (Wildman–Crippen MR) is 42.5 cm³/mol. The third kappa shape index (κ3) is 14.2. The van der Waals surface area contributed by atoms with Crippen molar-refractivity contribution in [3.05, 3.63) is 0 Å². The van der Waals surface area contributed by atoms with Crippen molar-refractivity contribution < 1.29 is 66.0 Å². The van der Waals surface area contributed by atoms with Crippen molar-refractivity contribution in [2.45, 2.75) is 0 Å². The van der Waals surface area contributed by atoms with Crippen molar-refractivity contribution >= 4 is 28.6 Å². The second-order valence-corrected chi connectivity index (χ2v) is 2.11. The first-order valence-electron chi connectivity index (χ1n) is 2.56. The number of carboxylic acids is 1. The second-order valence-electron chi connectivity index (χ2n) is 1.35. The van der Waals surface area contributed by atoms with E-state index in [4.69, 9.17) is 0 Å². The van der Waals surface area contributed by atoms with Crippen LogP contribution in [0.4, 0.5) is 0 Å². The maximum absolute atomic E-state index is 9.75. The van der Waals surface area contributed by atoms with Gasteiger partial charge in [-0.25, -0.2) is 0 Å². The van der Waals surface area contributed by atoms with Gasteiger partial charge in [-0.15, -0.1) is 0 Å². The van der Waals surface area contributed by atoms with Crippen molar-refractivity contribution in [2.75, 3.05) is 17.6 Å². The number of aliphatic carboxylic acids is 1. The van der Waals surface area contributed by atoms with Crippen LogP contribution in [0, 0.1) is 11.8 Å². The van der Waals surface area contributed by atoms with E-state index in [9.17, 15) is 9.90 Å². The molecule has 0 aliphatic heterocycles. The minimum Gasteiger partial charge on any atom is -0.548 e. The Morgan fingerprint density at radius 1 is 1.55 bits per heavy atom. The monoisotopic (exact) mass is 292 g/mol. The first kappa shape index (κ1) is 14.9. The fourth-order valence-electron chi connectivity index (χ4n) is 0.284. The second kappa shape index (κ2) is 11.4. The summed E-state index contributed by atoms with van der Waals surface area (Å²) in [5.74, 6) is 4.13. The van der Waals surface area contributed by atoms with Gasteiger partial charge in [0.15, 0.2) is 0 Å². The molecule has 11 heavy (non-hydrogen) atoms. The average molecular weight is 292 g/mol. The van der Waals surface area contributed by atoms with Gasteiger partial charge in [0.2, 0.25) is 0 Å². The molecule has 0 saturated heterocycles. The molecule has 56 valence electrons. The smallest absolute Gasteiger partial charge is 0.548 e. The van der Waals surface area contributed by atoms with Crippen LogP contribution in [0.25, 0.3) is 0 Å². The summed E-state index contributed by atoms with van der Waals surface area (Å²) >= 11 is 2.09. The number of rotatable bonds is 3. The molecule has 0 fully saturated rings. The van der Waals surface area contributed by atoms with Crippen LogP contribution in [-0.2, 0) is 9.53 Å². The van der Waals surface area contributed by atoms with E-state index in [-0.39, 0.29) is 64.6 Å².